The van der Waals surface area contributed by atoms with Gasteiger partial charge in [-0.15, -0.1) is 0 Å². The Morgan fingerprint density at radius 3 is 2.23 bits per heavy atom. The highest BCUT2D eigenvalue weighted by molar-refractivity contribution is 7.89. The summed E-state index contributed by atoms with van der Waals surface area (Å²) in [5, 5.41) is 2.95. The standard InChI is InChI=1S/C22H30ClN3O3S/c1-5-25(6-2)16-17-10-9-11-19(14-17)24-22(27)18-12-13-20(23)21(15-18)30(28,29)26(7-3)8-4/h9-15H,5-8,16H2,1-4H3,(H,24,27). The minimum absolute atomic E-state index is 0.0594. The number of sulfonamides is 1. The lowest BCUT2D eigenvalue weighted by molar-refractivity contribution is 0.102. The van der Waals surface area contributed by atoms with Gasteiger partial charge in [0.25, 0.3) is 5.91 Å². The normalized spacial score (nSPS) is 11.8. The van der Waals surface area contributed by atoms with Crippen molar-refractivity contribution >= 4 is 33.2 Å². The van der Waals surface area contributed by atoms with Gasteiger partial charge >= 0.3 is 0 Å². The molecule has 6 nitrogen and oxygen atoms in total. The molecule has 0 spiro atoms. The molecule has 0 aliphatic heterocycles. The Hall–Kier alpha value is -1.93. The second kappa shape index (κ2) is 10.9. The fraction of sp³-hybridized carbons (Fsp3) is 0.409. The molecule has 164 valence electrons. The quantitative estimate of drug-likeness (QED) is 0.578. The zero-order chi connectivity index (χ0) is 22.3. The SMILES string of the molecule is CCN(CC)Cc1cccc(NC(=O)c2ccc(Cl)c(S(=O)(=O)N(CC)CC)c2)c1. The first-order chi connectivity index (χ1) is 14.3. The van der Waals surface area contributed by atoms with Crippen molar-refractivity contribution in [3.8, 4) is 0 Å². The lowest BCUT2D eigenvalue weighted by Crippen LogP contribution is -2.31. The van der Waals surface area contributed by atoms with Gasteiger partial charge in [0.15, 0.2) is 0 Å². The fourth-order valence-electron chi connectivity index (χ4n) is 3.20. The number of amides is 1. The molecule has 0 fully saturated rings. The van der Waals surface area contributed by atoms with Gasteiger partial charge in [-0.1, -0.05) is 51.4 Å². The minimum atomic E-state index is -3.77. The molecule has 0 heterocycles. The van der Waals surface area contributed by atoms with Gasteiger partial charge in [-0.2, -0.15) is 4.31 Å². The number of carbonyl (C=O) groups excluding carboxylic acids is 1. The van der Waals surface area contributed by atoms with Crippen LogP contribution in [0.25, 0.3) is 0 Å². The monoisotopic (exact) mass is 451 g/mol. The van der Waals surface area contributed by atoms with E-state index < -0.39 is 10.0 Å². The summed E-state index contributed by atoms with van der Waals surface area (Å²) in [6.45, 7) is 11.1. The third kappa shape index (κ3) is 5.82. The van der Waals surface area contributed by atoms with E-state index in [1.165, 1.54) is 22.5 Å². The van der Waals surface area contributed by atoms with Crippen molar-refractivity contribution in [1.82, 2.24) is 9.21 Å². The molecule has 0 aliphatic carbocycles. The Kier molecular flexibility index (Phi) is 8.85. The third-order valence-corrected chi connectivity index (χ3v) is 7.53. The fourth-order valence-corrected chi connectivity index (χ4v) is 5.16. The van der Waals surface area contributed by atoms with Crippen LogP contribution in [0, 0.1) is 0 Å². The van der Waals surface area contributed by atoms with E-state index in [0.717, 1.165) is 25.2 Å². The zero-order valence-electron chi connectivity index (χ0n) is 18.0. The number of carbonyl (C=O) groups is 1. The van der Waals surface area contributed by atoms with Gasteiger partial charge in [-0.05, 0) is 49.0 Å². The molecule has 30 heavy (non-hydrogen) atoms. The van der Waals surface area contributed by atoms with Crippen LogP contribution in [0.3, 0.4) is 0 Å². The first-order valence-corrected chi connectivity index (χ1v) is 12.0. The van der Waals surface area contributed by atoms with Crippen LogP contribution in [0.2, 0.25) is 5.02 Å². The Bertz CT molecular complexity index is 971. The number of benzene rings is 2. The number of rotatable bonds is 10. The van der Waals surface area contributed by atoms with Crippen LogP contribution in [0.4, 0.5) is 5.69 Å². The summed E-state index contributed by atoms with van der Waals surface area (Å²) in [7, 11) is -3.77. The average molecular weight is 452 g/mol. The predicted octanol–water partition coefficient (Wildman–Crippen LogP) is 4.46. The smallest absolute Gasteiger partial charge is 0.255 e. The average Bonchev–Trinajstić information content (AvgIpc) is 2.73. The van der Waals surface area contributed by atoms with Gasteiger partial charge in [0.05, 0.1) is 5.02 Å². The van der Waals surface area contributed by atoms with Crippen LogP contribution in [0.15, 0.2) is 47.4 Å². The van der Waals surface area contributed by atoms with Gasteiger partial charge < -0.3 is 5.32 Å². The number of hydrogen-bond donors (Lipinski definition) is 1. The molecule has 0 saturated heterocycles. The van der Waals surface area contributed by atoms with Crippen LogP contribution in [-0.4, -0.2) is 49.7 Å². The molecule has 0 atom stereocenters. The molecular weight excluding hydrogens is 422 g/mol. The van der Waals surface area contributed by atoms with E-state index in [1.807, 2.05) is 24.3 Å². The van der Waals surface area contributed by atoms with Crippen molar-refractivity contribution in [3.63, 3.8) is 0 Å². The van der Waals surface area contributed by atoms with Gasteiger partial charge in [-0.3, -0.25) is 9.69 Å². The Balaban J connectivity index is 2.27. The van der Waals surface area contributed by atoms with Gasteiger partial charge in [-0.25, -0.2) is 8.42 Å². The molecular formula is C22H30ClN3O3S. The van der Waals surface area contributed by atoms with Crippen molar-refractivity contribution < 1.29 is 13.2 Å². The predicted molar refractivity (Wildman–Crippen MR) is 123 cm³/mol. The van der Waals surface area contributed by atoms with Crippen molar-refractivity contribution in [1.29, 1.82) is 0 Å². The zero-order valence-corrected chi connectivity index (χ0v) is 19.6. The van der Waals surface area contributed by atoms with Gasteiger partial charge in [0.2, 0.25) is 10.0 Å². The van der Waals surface area contributed by atoms with Crippen molar-refractivity contribution in [2.24, 2.45) is 0 Å². The number of anilines is 1. The number of halogens is 1. The van der Waals surface area contributed by atoms with Crippen molar-refractivity contribution in [2.75, 3.05) is 31.5 Å². The van der Waals surface area contributed by atoms with Crippen LogP contribution in [0.1, 0.15) is 43.6 Å². The highest BCUT2D eigenvalue weighted by Gasteiger charge is 2.25. The molecule has 0 saturated carbocycles. The maximum atomic E-state index is 12.9. The number of nitrogens with zero attached hydrogens (tertiary/aromatic N) is 2. The van der Waals surface area contributed by atoms with Crippen molar-refractivity contribution in [2.45, 2.75) is 39.1 Å². The molecule has 2 aromatic rings. The molecule has 8 heteroatoms. The molecule has 0 bridgehead atoms. The summed E-state index contributed by atoms with van der Waals surface area (Å²) in [5.74, 6) is -0.386. The highest BCUT2D eigenvalue weighted by atomic mass is 35.5. The maximum absolute atomic E-state index is 12.9. The molecule has 0 aromatic heterocycles. The second-order valence-electron chi connectivity index (χ2n) is 6.85. The second-order valence-corrected chi connectivity index (χ2v) is 9.16. The molecule has 2 rings (SSSR count). The highest BCUT2D eigenvalue weighted by Crippen LogP contribution is 2.26. The van der Waals surface area contributed by atoms with E-state index in [9.17, 15) is 13.2 Å². The van der Waals surface area contributed by atoms with E-state index in [0.29, 0.717) is 18.8 Å². The summed E-state index contributed by atoms with van der Waals surface area (Å²) < 4.78 is 27.0. The number of nitrogens with one attached hydrogen (secondary N) is 1. The van der Waals surface area contributed by atoms with Crippen LogP contribution >= 0.6 is 11.6 Å². The summed E-state index contributed by atoms with van der Waals surface area (Å²) in [5.41, 5.74) is 1.99. The first-order valence-electron chi connectivity index (χ1n) is 10.2. The van der Waals surface area contributed by atoms with E-state index >= 15 is 0 Å². The number of hydrogen-bond acceptors (Lipinski definition) is 4. The lowest BCUT2D eigenvalue weighted by Gasteiger charge is -2.20. The minimum Gasteiger partial charge on any atom is -0.322 e. The van der Waals surface area contributed by atoms with E-state index in [-0.39, 0.29) is 21.4 Å². The summed E-state index contributed by atoms with van der Waals surface area (Å²) in [4.78, 5) is 15.0. The largest absolute Gasteiger partial charge is 0.322 e. The topological polar surface area (TPSA) is 69.7 Å². The third-order valence-electron chi connectivity index (χ3n) is 5.00. The van der Waals surface area contributed by atoms with E-state index in [1.54, 1.807) is 13.8 Å². The van der Waals surface area contributed by atoms with Crippen LogP contribution in [0.5, 0.6) is 0 Å². The maximum Gasteiger partial charge on any atom is 0.255 e. The lowest BCUT2D eigenvalue weighted by atomic mass is 10.1. The van der Waals surface area contributed by atoms with E-state index in [2.05, 4.69) is 24.1 Å². The Morgan fingerprint density at radius 2 is 1.63 bits per heavy atom. The van der Waals surface area contributed by atoms with Gasteiger partial charge in [0.1, 0.15) is 4.90 Å². The van der Waals surface area contributed by atoms with Crippen molar-refractivity contribution in [3.05, 3.63) is 58.6 Å². The summed E-state index contributed by atoms with van der Waals surface area (Å²) in [6.07, 6.45) is 0. The van der Waals surface area contributed by atoms with Gasteiger partial charge in [0, 0.05) is 30.9 Å². The molecule has 2 aromatic carbocycles. The molecule has 0 aliphatic rings. The molecule has 0 unspecified atom stereocenters. The summed E-state index contributed by atoms with van der Waals surface area (Å²) in [6, 6.07) is 12.0. The van der Waals surface area contributed by atoms with Crippen LogP contribution in [-0.2, 0) is 16.6 Å². The Labute approximate surface area is 184 Å². The van der Waals surface area contributed by atoms with E-state index in [4.69, 9.17) is 11.6 Å². The molecule has 0 radical (unpaired) electrons. The summed E-state index contributed by atoms with van der Waals surface area (Å²) >= 11 is 6.16. The molecule has 1 amide bonds. The molecule has 1 N–H and O–H groups in total. The van der Waals surface area contributed by atoms with Crippen LogP contribution < -0.4 is 5.32 Å². The Morgan fingerprint density at radius 1 is 0.967 bits per heavy atom. The first kappa shape index (κ1) is 24.3.